The zero-order chi connectivity index (χ0) is 18.9. The molecule has 0 aliphatic heterocycles. The number of esters is 1. The van der Waals surface area contributed by atoms with Gasteiger partial charge in [-0.1, -0.05) is 19.1 Å². The minimum atomic E-state index is -2.91. The number of hydrogen-bond donors (Lipinski definition) is 1. The average molecular weight is 381 g/mol. The number of anilines is 1. The first-order chi connectivity index (χ1) is 12.5. The topological polar surface area (TPSA) is 64.6 Å². The summed E-state index contributed by atoms with van der Waals surface area (Å²) in [5.74, 6) is -0.343. The highest BCUT2D eigenvalue weighted by Gasteiger charge is 2.14. The molecule has 5 nitrogen and oxygen atoms in total. The fourth-order valence-corrected chi connectivity index (χ4v) is 2.83. The first kappa shape index (κ1) is 19.7. The summed E-state index contributed by atoms with van der Waals surface area (Å²) in [5, 5.41) is 2.50. The van der Waals surface area contributed by atoms with Crippen molar-refractivity contribution >= 4 is 29.3 Å². The monoisotopic (exact) mass is 381 g/mol. The van der Waals surface area contributed by atoms with Crippen LogP contribution in [0.2, 0.25) is 0 Å². The Hall–Kier alpha value is -2.61. The number of carbonyl (C=O) groups excluding carboxylic acids is 2. The van der Waals surface area contributed by atoms with E-state index in [2.05, 4.69) is 10.1 Å². The van der Waals surface area contributed by atoms with Crippen molar-refractivity contribution in [1.29, 1.82) is 0 Å². The Kier molecular flexibility index (Phi) is 7.40. The predicted molar refractivity (Wildman–Crippen MR) is 94.8 cm³/mol. The largest absolute Gasteiger partial charge is 0.452 e. The molecule has 2 rings (SSSR count). The van der Waals surface area contributed by atoms with Gasteiger partial charge in [-0.25, -0.2) is 4.79 Å². The lowest BCUT2D eigenvalue weighted by Crippen LogP contribution is -2.21. The number of rotatable bonds is 8. The van der Waals surface area contributed by atoms with Crippen LogP contribution in [0.5, 0.6) is 5.75 Å². The van der Waals surface area contributed by atoms with Gasteiger partial charge in [-0.2, -0.15) is 8.78 Å². The second-order valence-electron chi connectivity index (χ2n) is 4.96. The molecule has 0 saturated heterocycles. The number of halogens is 2. The average Bonchev–Trinajstić information content (AvgIpc) is 2.62. The van der Waals surface area contributed by atoms with Gasteiger partial charge in [0.05, 0.1) is 5.56 Å². The van der Waals surface area contributed by atoms with Gasteiger partial charge in [-0.3, -0.25) is 4.79 Å². The summed E-state index contributed by atoms with van der Waals surface area (Å²) >= 11 is 1.51. The number of ether oxygens (including phenoxy) is 2. The molecule has 0 unspecified atom stereocenters. The van der Waals surface area contributed by atoms with E-state index in [0.717, 1.165) is 10.6 Å². The van der Waals surface area contributed by atoms with Crippen LogP contribution in [0.15, 0.2) is 53.4 Å². The van der Waals surface area contributed by atoms with Gasteiger partial charge in [0, 0.05) is 10.6 Å². The maximum absolute atomic E-state index is 12.1. The van der Waals surface area contributed by atoms with Gasteiger partial charge < -0.3 is 14.8 Å². The molecule has 1 amide bonds. The first-order valence-corrected chi connectivity index (χ1v) is 8.72. The molecule has 0 heterocycles. The molecule has 2 aromatic carbocycles. The van der Waals surface area contributed by atoms with Gasteiger partial charge >= 0.3 is 12.6 Å². The number of amides is 1. The number of carbonyl (C=O) groups is 2. The van der Waals surface area contributed by atoms with Crippen LogP contribution in [0.3, 0.4) is 0 Å². The van der Waals surface area contributed by atoms with E-state index in [1.165, 1.54) is 36.0 Å². The lowest BCUT2D eigenvalue weighted by Gasteiger charge is -2.10. The lowest BCUT2D eigenvalue weighted by molar-refractivity contribution is -0.119. The summed E-state index contributed by atoms with van der Waals surface area (Å²) in [6.45, 7) is -1.40. The Morgan fingerprint density at radius 2 is 1.81 bits per heavy atom. The molecule has 0 atom stereocenters. The molecular weight excluding hydrogens is 364 g/mol. The number of nitrogens with one attached hydrogen (secondary N) is 1. The normalized spacial score (nSPS) is 10.5. The molecule has 0 spiro atoms. The van der Waals surface area contributed by atoms with Gasteiger partial charge in [0.1, 0.15) is 5.75 Å². The molecule has 0 radical (unpaired) electrons. The molecule has 8 heteroatoms. The third kappa shape index (κ3) is 6.03. The maximum atomic E-state index is 12.1. The van der Waals surface area contributed by atoms with E-state index >= 15 is 0 Å². The van der Waals surface area contributed by atoms with Gasteiger partial charge in [0.25, 0.3) is 5.91 Å². The van der Waals surface area contributed by atoms with E-state index < -0.39 is 25.1 Å². The Morgan fingerprint density at radius 3 is 2.46 bits per heavy atom. The molecule has 26 heavy (non-hydrogen) atoms. The van der Waals surface area contributed by atoms with Crippen LogP contribution >= 0.6 is 11.8 Å². The fraction of sp³-hybridized carbons (Fsp3) is 0.222. The minimum Gasteiger partial charge on any atom is -0.452 e. The van der Waals surface area contributed by atoms with Gasteiger partial charge in [0.2, 0.25) is 0 Å². The van der Waals surface area contributed by atoms with E-state index in [-0.39, 0.29) is 5.75 Å². The van der Waals surface area contributed by atoms with Gasteiger partial charge in [-0.05, 0) is 42.2 Å². The molecule has 0 bridgehead atoms. The van der Waals surface area contributed by atoms with E-state index in [4.69, 9.17) is 4.74 Å². The van der Waals surface area contributed by atoms with E-state index in [1.807, 2.05) is 19.1 Å². The zero-order valence-electron chi connectivity index (χ0n) is 13.9. The van der Waals surface area contributed by atoms with Crippen LogP contribution in [-0.2, 0) is 9.53 Å². The predicted octanol–water partition coefficient (Wildman–Crippen LogP) is 4.20. The zero-order valence-corrected chi connectivity index (χ0v) is 14.7. The van der Waals surface area contributed by atoms with Crippen molar-refractivity contribution in [3.8, 4) is 5.75 Å². The van der Waals surface area contributed by atoms with Crippen LogP contribution in [0.1, 0.15) is 17.3 Å². The SMILES string of the molecule is CCSc1ccccc1C(=O)OCC(=O)Nc1ccc(OC(F)F)cc1. The summed E-state index contributed by atoms with van der Waals surface area (Å²) < 4.78 is 33.4. The van der Waals surface area contributed by atoms with E-state index in [0.29, 0.717) is 11.3 Å². The lowest BCUT2D eigenvalue weighted by atomic mass is 10.2. The van der Waals surface area contributed by atoms with Crippen molar-refractivity contribution in [3.05, 3.63) is 54.1 Å². The number of thioether (sulfide) groups is 1. The van der Waals surface area contributed by atoms with Crippen LogP contribution in [0.25, 0.3) is 0 Å². The Bertz CT molecular complexity index is 753. The summed E-state index contributed by atoms with van der Waals surface area (Å²) in [7, 11) is 0. The summed E-state index contributed by atoms with van der Waals surface area (Å²) in [6, 6.07) is 12.4. The first-order valence-electron chi connectivity index (χ1n) is 7.73. The van der Waals surface area contributed by atoms with Crippen molar-refractivity contribution in [3.63, 3.8) is 0 Å². The third-order valence-corrected chi connectivity index (χ3v) is 4.06. The second-order valence-corrected chi connectivity index (χ2v) is 6.26. The van der Waals surface area contributed by atoms with Crippen LogP contribution in [-0.4, -0.2) is 30.8 Å². The fourth-order valence-electron chi connectivity index (χ4n) is 2.04. The van der Waals surface area contributed by atoms with Crippen molar-refractivity contribution in [2.24, 2.45) is 0 Å². The highest BCUT2D eigenvalue weighted by atomic mass is 32.2. The van der Waals surface area contributed by atoms with Crippen LogP contribution < -0.4 is 10.1 Å². The van der Waals surface area contributed by atoms with Crippen molar-refractivity contribution in [2.45, 2.75) is 18.4 Å². The van der Waals surface area contributed by atoms with Crippen molar-refractivity contribution in [1.82, 2.24) is 0 Å². The number of alkyl halides is 2. The number of benzene rings is 2. The summed E-state index contributed by atoms with van der Waals surface area (Å²) in [4.78, 5) is 24.8. The Morgan fingerprint density at radius 1 is 1.12 bits per heavy atom. The van der Waals surface area contributed by atoms with E-state index in [9.17, 15) is 18.4 Å². The summed E-state index contributed by atoms with van der Waals surface area (Å²) in [6.07, 6.45) is 0. The maximum Gasteiger partial charge on any atom is 0.387 e. The molecule has 0 aliphatic carbocycles. The number of hydrogen-bond acceptors (Lipinski definition) is 5. The molecule has 0 aliphatic rings. The van der Waals surface area contributed by atoms with Crippen LogP contribution in [0.4, 0.5) is 14.5 Å². The molecule has 0 aromatic heterocycles. The van der Waals surface area contributed by atoms with Crippen molar-refractivity contribution in [2.75, 3.05) is 17.7 Å². The van der Waals surface area contributed by atoms with E-state index in [1.54, 1.807) is 12.1 Å². The third-order valence-electron chi connectivity index (χ3n) is 3.10. The Balaban J connectivity index is 1.87. The minimum absolute atomic E-state index is 0.0190. The molecule has 0 saturated carbocycles. The quantitative estimate of drug-likeness (QED) is 0.549. The highest BCUT2D eigenvalue weighted by Crippen LogP contribution is 2.23. The molecule has 2 aromatic rings. The molecule has 0 fully saturated rings. The smallest absolute Gasteiger partial charge is 0.387 e. The molecule has 1 N–H and O–H groups in total. The molecular formula is C18H17F2NO4S. The summed E-state index contributed by atoms with van der Waals surface area (Å²) in [5.41, 5.74) is 0.773. The van der Waals surface area contributed by atoms with Gasteiger partial charge in [-0.15, -0.1) is 11.8 Å². The molecule has 138 valence electrons. The van der Waals surface area contributed by atoms with Crippen LogP contribution in [0, 0.1) is 0 Å². The van der Waals surface area contributed by atoms with Gasteiger partial charge in [0.15, 0.2) is 6.61 Å². The van der Waals surface area contributed by atoms with Crippen molar-refractivity contribution < 1.29 is 27.8 Å². The second kappa shape index (κ2) is 9.76. The standard InChI is InChI=1S/C18H17F2NO4S/c1-2-26-15-6-4-3-5-14(15)17(23)24-11-16(22)21-12-7-9-13(10-8-12)25-18(19)20/h3-10,18H,2,11H2,1H3,(H,21,22). The Labute approximate surface area is 153 Å². The highest BCUT2D eigenvalue weighted by molar-refractivity contribution is 7.99.